The van der Waals surface area contributed by atoms with Crippen molar-refractivity contribution < 1.29 is 22.7 Å². The average Bonchev–Trinajstić information content (AvgIpc) is 3.26. The van der Waals surface area contributed by atoms with E-state index in [-0.39, 0.29) is 30.2 Å². The summed E-state index contributed by atoms with van der Waals surface area (Å²) in [6, 6.07) is 6.77. The maximum atomic E-state index is 12.6. The van der Waals surface area contributed by atoms with E-state index >= 15 is 0 Å². The smallest absolute Gasteiger partial charge is 0.257 e. The largest absolute Gasteiger partial charge is 0.454 e. The highest BCUT2D eigenvalue weighted by molar-refractivity contribution is 7.91. The first kappa shape index (κ1) is 17.6. The van der Waals surface area contributed by atoms with Gasteiger partial charge < -0.3 is 19.7 Å². The molecule has 142 valence electrons. The first-order valence-electron chi connectivity index (χ1n) is 8.51. The third-order valence-electron chi connectivity index (χ3n) is 4.78. The Labute approximate surface area is 157 Å². The Hall–Kier alpha value is -2.81. The molecule has 2 aromatic rings. The molecular weight excluding hydrogens is 370 g/mol. The normalized spacial score (nSPS) is 19.7. The van der Waals surface area contributed by atoms with Crippen LogP contribution in [-0.4, -0.2) is 50.7 Å². The number of carbonyl (C=O) groups excluding carboxylic acids is 1. The van der Waals surface area contributed by atoms with Crippen LogP contribution in [0.3, 0.4) is 0 Å². The Bertz CT molecular complexity index is 992. The van der Waals surface area contributed by atoms with Crippen molar-refractivity contribution in [3.8, 4) is 11.5 Å². The summed E-state index contributed by atoms with van der Waals surface area (Å²) >= 11 is 0. The standard InChI is InChI=1S/C18H19N3O5S/c1-21(14-4-5-27(23,24)10-14)15-6-12(8-19-9-15)18(22)20-13-2-3-16-17(7-13)26-11-25-16/h2-3,6-9,14H,4-5,10-11H2,1H3,(H,20,22). The number of anilines is 2. The van der Waals surface area contributed by atoms with Gasteiger partial charge in [0.05, 0.1) is 29.0 Å². The zero-order valence-electron chi connectivity index (χ0n) is 14.7. The summed E-state index contributed by atoms with van der Waals surface area (Å²) in [6.07, 6.45) is 3.68. The molecule has 4 rings (SSSR count). The topological polar surface area (TPSA) is 97.8 Å². The number of pyridine rings is 1. The van der Waals surface area contributed by atoms with Gasteiger partial charge in [0.25, 0.3) is 5.91 Å². The molecule has 8 nitrogen and oxygen atoms in total. The Kier molecular flexibility index (Phi) is 4.39. The fourth-order valence-electron chi connectivity index (χ4n) is 3.21. The second-order valence-corrected chi connectivity index (χ2v) is 8.85. The van der Waals surface area contributed by atoms with Crippen molar-refractivity contribution in [2.75, 3.05) is 35.6 Å². The molecule has 1 aromatic carbocycles. The lowest BCUT2D eigenvalue weighted by Gasteiger charge is -2.25. The van der Waals surface area contributed by atoms with Gasteiger partial charge in [0.2, 0.25) is 6.79 Å². The van der Waals surface area contributed by atoms with Crippen LogP contribution in [0.15, 0.2) is 36.7 Å². The minimum Gasteiger partial charge on any atom is -0.454 e. The Morgan fingerprint density at radius 1 is 1.22 bits per heavy atom. The van der Waals surface area contributed by atoms with E-state index in [9.17, 15) is 13.2 Å². The number of sulfone groups is 1. The van der Waals surface area contributed by atoms with Gasteiger partial charge in [-0.1, -0.05) is 0 Å². The number of carbonyl (C=O) groups is 1. The van der Waals surface area contributed by atoms with Gasteiger partial charge in [-0.25, -0.2) is 8.42 Å². The maximum Gasteiger partial charge on any atom is 0.257 e. The van der Waals surface area contributed by atoms with Gasteiger partial charge in [-0.2, -0.15) is 0 Å². The zero-order valence-corrected chi connectivity index (χ0v) is 15.5. The monoisotopic (exact) mass is 389 g/mol. The lowest BCUT2D eigenvalue weighted by molar-refractivity contribution is 0.102. The Morgan fingerprint density at radius 2 is 2.04 bits per heavy atom. The summed E-state index contributed by atoms with van der Waals surface area (Å²) in [4.78, 5) is 18.6. The molecule has 1 saturated heterocycles. The van der Waals surface area contributed by atoms with E-state index in [0.29, 0.717) is 34.9 Å². The van der Waals surface area contributed by atoms with Crippen molar-refractivity contribution in [3.63, 3.8) is 0 Å². The van der Waals surface area contributed by atoms with Crippen LogP contribution in [0.1, 0.15) is 16.8 Å². The number of amides is 1. The predicted octanol–water partition coefficient (Wildman–Crippen LogP) is 1.69. The number of rotatable bonds is 4. The molecule has 27 heavy (non-hydrogen) atoms. The van der Waals surface area contributed by atoms with E-state index in [2.05, 4.69) is 10.3 Å². The molecule has 0 saturated carbocycles. The molecule has 0 spiro atoms. The van der Waals surface area contributed by atoms with Crippen LogP contribution < -0.4 is 19.7 Å². The van der Waals surface area contributed by atoms with Gasteiger partial charge >= 0.3 is 0 Å². The molecule has 2 aliphatic rings. The number of hydrogen-bond acceptors (Lipinski definition) is 7. The molecular formula is C18H19N3O5S. The summed E-state index contributed by atoms with van der Waals surface area (Å²) in [7, 11) is -1.16. The Balaban J connectivity index is 1.49. The molecule has 1 amide bonds. The van der Waals surface area contributed by atoms with Gasteiger partial charge in [0.15, 0.2) is 21.3 Å². The fourth-order valence-corrected chi connectivity index (χ4v) is 4.99. The molecule has 1 fully saturated rings. The molecule has 1 unspecified atom stereocenters. The molecule has 2 aliphatic heterocycles. The second-order valence-electron chi connectivity index (χ2n) is 6.62. The molecule has 0 radical (unpaired) electrons. The minimum atomic E-state index is -2.98. The van der Waals surface area contributed by atoms with Gasteiger partial charge in [-0.05, 0) is 24.6 Å². The third kappa shape index (κ3) is 3.68. The number of ether oxygens (including phenoxy) is 2. The fraction of sp³-hybridized carbons (Fsp3) is 0.333. The molecule has 9 heteroatoms. The van der Waals surface area contributed by atoms with Crippen molar-refractivity contribution in [2.24, 2.45) is 0 Å². The molecule has 3 heterocycles. The highest BCUT2D eigenvalue weighted by atomic mass is 32.2. The summed E-state index contributed by atoms with van der Waals surface area (Å²) in [6.45, 7) is 0.169. The van der Waals surface area contributed by atoms with Gasteiger partial charge in [-0.15, -0.1) is 0 Å². The van der Waals surface area contributed by atoms with Gasteiger partial charge in [-0.3, -0.25) is 9.78 Å². The third-order valence-corrected chi connectivity index (χ3v) is 6.53. The van der Waals surface area contributed by atoms with E-state index in [0.717, 1.165) is 0 Å². The van der Waals surface area contributed by atoms with Crippen LogP contribution in [0.25, 0.3) is 0 Å². The van der Waals surface area contributed by atoms with Crippen molar-refractivity contribution in [1.82, 2.24) is 4.98 Å². The first-order chi connectivity index (χ1) is 12.9. The SMILES string of the molecule is CN(c1cncc(C(=O)Nc2ccc3c(c2)OCO3)c1)C1CCS(=O)(=O)C1. The number of nitrogens with one attached hydrogen (secondary N) is 1. The maximum absolute atomic E-state index is 12.6. The highest BCUT2D eigenvalue weighted by Gasteiger charge is 2.31. The second kappa shape index (κ2) is 6.73. The van der Waals surface area contributed by atoms with E-state index in [1.54, 1.807) is 30.5 Å². The lowest BCUT2D eigenvalue weighted by Crippen LogP contribution is -2.32. The van der Waals surface area contributed by atoms with Crippen LogP contribution in [0.5, 0.6) is 11.5 Å². The van der Waals surface area contributed by atoms with Crippen molar-refractivity contribution in [1.29, 1.82) is 0 Å². The van der Waals surface area contributed by atoms with Gasteiger partial charge in [0, 0.05) is 31.0 Å². The highest BCUT2D eigenvalue weighted by Crippen LogP contribution is 2.34. The van der Waals surface area contributed by atoms with Crippen LogP contribution >= 0.6 is 0 Å². The van der Waals surface area contributed by atoms with Crippen LogP contribution in [-0.2, 0) is 9.84 Å². The van der Waals surface area contributed by atoms with E-state index < -0.39 is 9.84 Å². The zero-order chi connectivity index (χ0) is 19.0. The predicted molar refractivity (Wildman–Crippen MR) is 100 cm³/mol. The number of nitrogens with zero attached hydrogens (tertiary/aromatic N) is 2. The van der Waals surface area contributed by atoms with Crippen LogP contribution in [0.2, 0.25) is 0 Å². The van der Waals surface area contributed by atoms with Crippen molar-refractivity contribution in [3.05, 3.63) is 42.2 Å². The van der Waals surface area contributed by atoms with Crippen LogP contribution in [0, 0.1) is 0 Å². The number of benzene rings is 1. The van der Waals surface area contributed by atoms with E-state index in [4.69, 9.17) is 9.47 Å². The van der Waals surface area contributed by atoms with E-state index in [1.165, 1.54) is 6.20 Å². The van der Waals surface area contributed by atoms with Crippen molar-refractivity contribution in [2.45, 2.75) is 12.5 Å². The lowest BCUT2D eigenvalue weighted by atomic mass is 10.2. The average molecular weight is 389 g/mol. The van der Waals surface area contributed by atoms with E-state index in [1.807, 2.05) is 11.9 Å². The summed E-state index contributed by atoms with van der Waals surface area (Å²) in [5, 5.41) is 2.81. The Morgan fingerprint density at radius 3 is 2.81 bits per heavy atom. The van der Waals surface area contributed by atoms with Gasteiger partial charge in [0.1, 0.15) is 0 Å². The molecule has 0 aliphatic carbocycles. The summed E-state index contributed by atoms with van der Waals surface area (Å²) < 4.78 is 34.0. The quantitative estimate of drug-likeness (QED) is 0.850. The van der Waals surface area contributed by atoms with Crippen molar-refractivity contribution >= 4 is 27.1 Å². The first-order valence-corrected chi connectivity index (χ1v) is 10.3. The molecule has 0 bridgehead atoms. The summed E-state index contributed by atoms with van der Waals surface area (Å²) in [5.41, 5.74) is 1.68. The number of aromatic nitrogens is 1. The number of hydrogen-bond donors (Lipinski definition) is 1. The molecule has 1 N–H and O–H groups in total. The molecule has 1 aromatic heterocycles. The number of fused-ring (bicyclic) bond motifs is 1. The molecule has 1 atom stereocenters. The minimum absolute atomic E-state index is 0.107. The summed E-state index contributed by atoms with van der Waals surface area (Å²) in [5.74, 6) is 1.24. The van der Waals surface area contributed by atoms with Crippen LogP contribution in [0.4, 0.5) is 11.4 Å².